The van der Waals surface area contributed by atoms with Crippen molar-refractivity contribution in [2.24, 2.45) is 0 Å². The molecule has 1 aromatic carbocycles. The van der Waals surface area contributed by atoms with Crippen LogP contribution >= 0.6 is 11.6 Å². The van der Waals surface area contributed by atoms with Crippen molar-refractivity contribution in [2.45, 2.75) is 25.8 Å². The van der Waals surface area contributed by atoms with Crippen molar-refractivity contribution in [3.05, 3.63) is 51.9 Å². The Kier molecular flexibility index (Phi) is 4.28. The van der Waals surface area contributed by atoms with Crippen molar-refractivity contribution in [3.63, 3.8) is 0 Å². The summed E-state index contributed by atoms with van der Waals surface area (Å²) in [5.74, 6) is 0.952. The zero-order valence-electron chi connectivity index (χ0n) is 14.7. The maximum Gasteiger partial charge on any atom is 0.259 e. The lowest BCUT2D eigenvalue weighted by Crippen LogP contribution is -2.27. The van der Waals surface area contributed by atoms with Gasteiger partial charge in [0.25, 0.3) is 5.91 Å². The number of aromatic amines is 1. The molecule has 0 bridgehead atoms. The van der Waals surface area contributed by atoms with Crippen LogP contribution in [0.2, 0.25) is 5.02 Å². The first-order valence-corrected chi connectivity index (χ1v) is 8.89. The minimum Gasteiger partial charge on any atom is -0.480 e. The first-order valence-electron chi connectivity index (χ1n) is 8.51. The number of ether oxygens (including phenoxy) is 1. The molecule has 1 aliphatic rings. The molecule has 1 aliphatic carbocycles. The molecule has 1 N–H and O–H groups in total. The third-order valence-electron chi connectivity index (χ3n) is 4.67. The Morgan fingerprint density at radius 3 is 2.96 bits per heavy atom. The number of methoxy groups -OCH3 is 1. The number of imidazole rings is 1. The topological polar surface area (TPSA) is 71.1 Å². The van der Waals surface area contributed by atoms with Gasteiger partial charge >= 0.3 is 0 Å². The molecule has 4 rings (SSSR count). The van der Waals surface area contributed by atoms with E-state index in [-0.39, 0.29) is 5.91 Å². The molecule has 3 aromatic rings. The van der Waals surface area contributed by atoms with Crippen LogP contribution in [-0.2, 0) is 19.4 Å². The first-order chi connectivity index (χ1) is 12.5. The highest BCUT2D eigenvalue weighted by Crippen LogP contribution is 2.27. The molecule has 0 spiro atoms. The fourth-order valence-electron chi connectivity index (χ4n) is 3.37. The van der Waals surface area contributed by atoms with Crippen LogP contribution in [0, 0.1) is 0 Å². The van der Waals surface area contributed by atoms with Crippen molar-refractivity contribution in [2.75, 3.05) is 14.2 Å². The largest absolute Gasteiger partial charge is 0.480 e. The molecule has 0 saturated heterocycles. The van der Waals surface area contributed by atoms with Crippen molar-refractivity contribution in [1.29, 1.82) is 0 Å². The molecule has 1 amide bonds. The lowest BCUT2D eigenvalue weighted by atomic mass is 10.1. The van der Waals surface area contributed by atoms with Gasteiger partial charge in [0, 0.05) is 17.8 Å². The van der Waals surface area contributed by atoms with Gasteiger partial charge in [0.15, 0.2) is 0 Å². The van der Waals surface area contributed by atoms with Gasteiger partial charge in [-0.05, 0) is 49.1 Å². The van der Waals surface area contributed by atoms with Crippen LogP contribution < -0.4 is 4.74 Å². The van der Waals surface area contributed by atoms with Gasteiger partial charge in [-0.25, -0.2) is 9.97 Å². The lowest BCUT2D eigenvalue weighted by Gasteiger charge is -2.18. The predicted octanol–water partition coefficient (Wildman–Crippen LogP) is 3.38. The number of pyridine rings is 1. The average Bonchev–Trinajstić information content (AvgIpc) is 3.24. The summed E-state index contributed by atoms with van der Waals surface area (Å²) in [6, 6.07) is 7.39. The summed E-state index contributed by atoms with van der Waals surface area (Å²) in [6.45, 7) is 0.353. The number of nitrogens with zero attached hydrogens (tertiary/aromatic N) is 3. The second-order valence-electron chi connectivity index (χ2n) is 6.51. The number of halogens is 1. The number of amides is 1. The monoisotopic (exact) mass is 370 g/mol. The van der Waals surface area contributed by atoms with E-state index in [1.54, 1.807) is 25.1 Å². The van der Waals surface area contributed by atoms with E-state index < -0.39 is 0 Å². The molecule has 2 aromatic heterocycles. The molecule has 0 atom stereocenters. The number of carbonyl (C=O) groups is 1. The maximum absolute atomic E-state index is 12.9. The lowest BCUT2D eigenvalue weighted by molar-refractivity contribution is 0.0777. The van der Waals surface area contributed by atoms with E-state index in [1.807, 2.05) is 18.2 Å². The summed E-state index contributed by atoms with van der Waals surface area (Å²) in [6.07, 6.45) is 2.97. The summed E-state index contributed by atoms with van der Waals surface area (Å²) in [5, 5.41) is 0.645. The third kappa shape index (κ3) is 3.01. The fraction of sp³-hybridized carbons (Fsp3) is 0.316. The van der Waals surface area contributed by atoms with Gasteiger partial charge in [-0.3, -0.25) is 4.79 Å². The number of aromatic nitrogens is 3. The van der Waals surface area contributed by atoms with E-state index in [0.29, 0.717) is 28.8 Å². The molecule has 0 aliphatic heterocycles. The molecule has 7 heteroatoms. The van der Waals surface area contributed by atoms with Gasteiger partial charge in [0.05, 0.1) is 24.7 Å². The number of aryl methyl sites for hydroxylation is 2. The molecule has 2 heterocycles. The summed E-state index contributed by atoms with van der Waals surface area (Å²) >= 11 is 6.01. The third-order valence-corrected chi connectivity index (χ3v) is 4.90. The van der Waals surface area contributed by atoms with E-state index in [0.717, 1.165) is 41.6 Å². The van der Waals surface area contributed by atoms with Gasteiger partial charge in [0.1, 0.15) is 11.4 Å². The SMILES string of the molecule is COc1nc2c(cc1C(=O)N(C)Cc1nc3ccc(Cl)cc3[nH]1)CCC2. The molecule has 6 nitrogen and oxygen atoms in total. The van der Waals surface area contributed by atoms with Crippen LogP contribution in [0.4, 0.5) is 0 Å². The molecule has 26 heavy (non-hydrogen) atoms. The number of hydrogen-bond donors (Lipinski definition) is 1. The zero-order chi connectivity index (χ0) is 18.3. The van der Waals surface area contributed by atoms with Crippen LogP contribution in [0.1, 0.15) is 33.9 Å². The number of H-pyrrole nitrogens is 1. The van der Waals surface area contributed by atoms with E-state index >= 15 is 0 Å². The van der Waals surface area contributed by atoms with Gasteiger partial charge in [0.2, 0.25) is 5.88 Å². The van der Waals surface area contributed by atoms with Crippen LogP contribution in [0.5, 0.6) is 5.88 Å². The minimum atomic E-state index is -0.137. The molecular weight excluding hydrogens is 352 g/mol. The highest BCUT2D eigenvalue weighted by molar-refractivity contribution is 6.31. The van der Waals surface area contributed by atoms with Crippen molar-refractivity contribution in [1.82, 2.24) is 19.9 Å². The van der Waals surface area contributed by atoms with Gasteiger partial charge < -0.3 is 14.6 Å². The second kappa shape index (κ2) is 6.61. The second-order valence-corrected chi connectivity index (χ2v) is 6.95. The first kappa shape index (κ1) is 16.8. The summed E-state index contributed by atoms with van der Waals surface area (Å²) in [5.41, 5.74) is 4.35. The molecule has 0 fully saturated rings. The number of benzene rings is 1. The Labute approximate surface area is 156 Å². The molecule has 0 radical (unpaired) electrons. The fourth-order valence-corrected chi connectivity index (χ4v) is 3.55. The van der Waals surface area contributed by atoms with Crippen LogP contribution in [-0.4, -0.2) is 39.9 Å². The van der Waals surface area contributed by atoms with Gasteiger partial charge in [-0.2, -0.15) is 0 Å². The zero-order valence-corrected chi connectivity index (χ0v) is 15.4. The highest BCUT2D eigenvalue weighted by Gasteiger charge is 2.23. The number of nitrogens with one attached hydrogen (secondary N) is 1. The van der Waals surface area contributed by atoms with Crippen LogP contribution in [0.15, 0.2) is 24.3 Å². The van der Waals surface area contributed by atoms with Crippen molar-refractivity contribution >= 4 is 28.5 Å². The number of hydrogen-bond acceptors (Lipinski definition) is 4. The number of rotatable bonds is 4. The normalized spacial score (nSPS) is 13.0. The Bertz CT molecular complexity index is 999. The Morgan fingerprint density at radius 2 is 2.15 bits per heavy atom. The molecule has 0 saturated carbocycles. The summed E-state index contributed by atoms with van der Waals surface area (Å²) < 4.78 is 5.36. The van der Waals surface area contributed by atoms with E-state index in [9.17, 15) is 4.79 Å². The number of carbonyl (C=O) groups excluding carboxylic acids is 1. The molecular formula is C19H19ClN4O2. The minimum absolute atomic E-state index is 0.137. The summed E-state index contributed by atoms with van der Waals surface area (Å²) in [7, 11) is 3.29. The van der Waals surface area contributed by atoms with E-state index in [4.69, 9.17) is 16.3 Å². The van der Waals surface area contributed by atoms with Gasteiger partial charge in [-0.15, -0.1) is 0 Å². The van der Waals surface area contributed by atoms with Gasteiger partial charge in [-0.1, -0.05) is 11.6 Å². The summed E-state index contributed by atoms with van der Waals surface area (Å²) in [4.78, 5) is 26.8. The quantitative estimate of drug-likeness (QED) is 0.764. The standard InChI is InChI=1S/C19H19ClN4O2/c1-24(10-17-21-15-7-6-12(20)9-16(15)22-17)19(25)13-8-11-4-3-5-14(11)23-18(13)26-2/h6-9H,3-5,10H2,1-2H3,(H,21,22). The van der Waals surface area contributed by atoms with E-state index in [2.05, 4.69) is 15.0 Å². The van der Waals surface area contributed by atoms with Crippen molar-refractivity contribution in [3.8, 4) is 5.88 Å². The predicted molar refractivity (Wildman–Crippen MR) is 99.7 cm³/mol. The van der Waals surface area contributed by atoms with E-state index in [1.165, 1.54) is 0 Å². The molecule has 134 valence electrons. The van der Waals surface area contributed by atoms with Crippen molar-refractivity contribution < 1.29 is 9.53 Å². The smallest absolute Gasteiger partial charge is 0.259 e. The number of fused-ring (bicyclic) bond motifs is 2. The Hall–Kier alpha value is -2.60. The van der Waals surface area contributed by atoms with Crippen LogP contribution in [0.25, 0.3) is 11.0 Å². The molecule has 0 unspecified atom stereocenters. The van der Waals surface area contributed by atoms with Crippen LogP contribution in [0.3, 0.4) is 0 Å². The highest BCUT2D eigenvalue weighted by atomic mass is 35.5. The Morgan fingerprint density at radius 1 is 1.31 bits per heavy atom. The Balaban J connectivity index is 1.59. The average molecular weight is 371 g/mol. The maximum atomic E-state index is 12.9.